The van der Waals surface area contributed by atoms with Gasteiger partial charge in [0.25, 0.3) is 0 Å². The molecule has 1 aromatic rings. The molecule has 1 saturated carbocycles. The Morgan fingerprint density at radius 3 is 2.96 bits per heavy atom. The van der Waals surface area contributed by atoms with Crippen LogP contribution in [0.4, 0.5) is 0 Å². The first-order valence-corrected chi connectivity index (χ1v) is 11.5. The molecule has 1 unspecified atom stereocenters. The standard InChI is InChI=1S/C18H31N5S2.HI/c1-2-19-17(20-9-5-12-24-18-21-10-13-25-18)22-15-8-11-23(14-15)16-6-3-4-7-16;/h10,13,15-16H,2-9,11-12,14H2,1H3,(H2,19,20,22);1H. The minimum Gasteiger partial charge on any atom is -0.357 e. The molecule has 0 radical (unpaired) electrons. The summed E-state index contributed by atoms with van der Waals surface area (Å²) >= 11 is 3.54. The third kappa shape index (κ3) is 7.16. The Balaban J connectivity index is 0.00000243. The van der Waals surface area contributed by atoms with E-state index in [1.807, 2.05) is 23.3 Å². The van der Waals surface area contributed by atoms with E-state index in [0.717, 1.165) is 41.6 Å². The molecule has 0 aromatic carbocycles. The van der Waals surface area contributed by atoms with Gasteiger partial charge < -0.3 is 10.6 Å². The van der Waals surface area contributed by atoms with Crippen LogP contribution in [0.2, 0.25) is 0 Å². The Morgan fingerprint density at radius 1 is 1.38 bits per heavy atom. The quantitative estimate of drug-likeness (QED) is 0.184. The summed E-state index contributed by atoms with van der Waals surface area (Å²) in [6.07, 6.45) is 9.83. The number of thioether (sulfide) groups is 1. The van der Waals surface area contributed by atoms with E-state index in [-0.39, 0.29) is 24.0 Å². The number of nitrogens with one attached hydrogen (secondary N) is 2. The minimum atomic E-state index is 0. The van der Waals surface area contributed by atoms with Crippen LogP contribution in [0.5, 0.6) is 0 Å². The van der Waals surface area contributed by atoms with Crippen molar-refractivity contribution in [2.24, 2.45) is 4.99 Å². The second kappa shape index (κ2) is 12.4. The summed E-state index contributed by atoms with van der Waals surface area (Å²) in [6, 6.07) is 1.39. The van der Waals surface area contributed by atoms with Crippen LogP contribution in [0.1, 0.15) is 45.4 Å². The lowest BCUT2D eigenvalue weighted by Crippen LogP contribution is -2.45. The molecule has 2 heterocycles. The number of rotatable bonds is 8. The van der Waals surface area contributed by atoms with E-state index in [1.54, 1.807) is 11.3 Å². The zero-order valence-corrected chi connectivity index (χ0v) is 19.6. The van der Waals surface area contributed by atoms with Gasteiger partial charge in [0.15, 0.2) is 5.96 Å². The fourth-order valence-corrected chi connectivity index (χ4v) is 5.35. The second-order valence-corrected chi connectivity index (χ2v) is 9.06. The summed E-state index contributed by atoms with van der Waals surface area (Å²) in [5, 5.41) is 9.09. The van der Waals surface area contributed by atoms with E-state index < -0.39 is 0 Å². The summed E-state index contributed by atoms with van der Waals surface area (Å²) in [5.74, 6) is 2.06. The third-order valence-electron chi connectivity index (χ3n) is 4.95. The van der Waals surface area contributed by atoms with Gasteiger partial charge in [-0.25, -0.2) is 4.98 Å². The molecule has 1 aromatic heterocycles. The molecular weight excluding hydrogens is 477 g/mol. The molecule has 1 atom stereocenters. The molecule has 3 rings (SSSR count). The van der Waals surface area contributed by atoms with Gasteiger partial charge in [-0.15, -0.1) is 35.3 Å². The molecule has 148 valence electrons. The topological polar surface area (TPSA) is 52.6 Å². The summed E-state index contributed by atoms with van der Waals surface area (Å²) in [5.41, 5.74) is 0. The van der Waals surface area contributed by atoms with E-state index in [9.17, 15) is 0 Å². The largest absolute Gasteiger partial charge is 0.357 e. The maximum Gasteiger partial charge on any atom is 0.191 e. The Kier molecular flexibility index (Phi) is 10.6. The van der Waals surface area contributed by atoms with Crippen LogP contribution < -0.4 is 10.6 Å². The van der Waals surface area contributed by atoms with Crippen molar-refractivity contribution in [2.75, 3.05) is 31.9 Å². The van der Waals surface area contributed by atoms with Gasteiger partial charge in [0.05, 0.1) is 0 Å². The lowest BCUT2D eigenvalue weighted by atomic mass is 10.2. The molecule has 1 saturated heterocycles. The number of nitrogens with zero attached hydrogens (tertiary/aromatic N) is 3. The van der Waals surface area contributed by atoms with Gasteiger partial charge in [0.1, 0.15) is 4.34 Å². The first kappa shape index (κ1) is 22.2. The van der Waals surface area contributed by atoms with Crippen molar-refractivity contribution in [2.45, 2.75) is 61.9 Å². The van der Waals surface area contributed by atoms with Crippen molar-refractivity contribution >= 4 is 53.0 Å². The highest BCUT2D eigenvalue weighted by Gasteiger charge is 2.30. The molecule has 0 bridgehead atoms. The Morgan fingerprint density at radius 2 is 2.23 bits per heavy atom. The predicted molar refractivity (Wildman–Crippen MR) is 124 cm³/mol. The normalized spacial score (nSPS) is 21.7. The van der Waals surface area contributed by atoms with E-state index in [4.69, 9.17) is 4.99 Å². The molecule has 0 amide bonds. The van der Waals surface area contributed by atoms with E-state index >= 15 is 0 Å². The summed E-state index contributed by atoms with van der Waals surface area (Å²) in [6.45, 7) is 6.34. The van der Waals surface area contributed by atoms with E-state index in [2.05, 4.69) is 27.4 Å². The molecule has 2 N–H and O–H groups in total. The zero-order valence-electron chi connectivity index (χ0n) is 15.7. The molecule has 5 nitrogen and oxygen atoms in total. The number of likely N-dealkylation sites (tertiary alicyclic amines) is 1. The summed E-state index contributed by atoms with van der Waals surface area (Å²) < 4.78 is 1.16. The van der Waals surface area contributed by atoms with Crippen molar-refractivity contribution < 1.29 is 0 Å². The minimum absolute atomic E-state index is 0. The highest BCUT2D eigenvalue weighted by molar-refractivity contribution is 14.0. The van der Waals surface area contributed by atoms with Crippen LogP contribution in [-0.2, 0) is 0 Å². The number of thiazole rings is 1. The number of hydrogen-bond acceptors (Lipinski definition) is 5. The number of hydrogen-bond donors (Lipinski definition) is 2. The first-order chi connectivity index (χ1) is 12.3. The maximum absolute atomic E-state index is 4.76. The molecule has 2 fully saturated rings. The molecule has 1 aliphatic heterocycles. The van der Waals surface area contributed by atoms with E-state index in [1.165, 1.54) is 45.2 Å². The third-order valence-corrected chi connectivity index (χ3v) is 7.01. The molecule has 8 heteroatoms. The van der Waals surface area contributed by atoms with Gasteiger partial charge in [0.2, 0.25) is 0 Å². The average molecular weight is 510 g/mol. The maximum atomic E-state index is 4.76. The Bertz CT molecular complexity index is 520. The fourth-order valence-electron chi connectivity index (χ4n) is 3.72. The highest BCUT2D eigenvalue weighted by Crippen LogP contribution is 2.26. The van der Waals surface area contributed by atoms with Crippen LogP contribution in [0, 0.1) is 0 Å². The van der Waals surface area contributed by atoms with Gasteiger partial charge in [-0.1, -0.05) is 24.6 Å². The lowest BCUT2D eigenvalue weighted by Gasteiger charge is -2.24. The first-order valence-electron chi connectivity index (χ1n) is 9.66. The molecule has 0 spiro atoms. The van der Waals surface area contributed by atoms with Gasteiger partial charge in [0, 0.05) is 55.6 Å². The van der Waals surface area contributed by atoms with Crippen LogP contribution in [-0.4, -0.2) is 59.9 Å². The lowest BCUT2D eigenvalue weighted by molar-refractivity contribution is 0.242. The number of aliphatic imine (C=N–C) groups is 1. The van der Waals surface area contributed by atoms with Crippen LogP contribution in [0.25, 0.3) is 0 Å². The molecule has 26 heavy (non-hydrogen) atoms. The van der Waals surface area contributed by atoms with Gasteiger partial charge in [-0.3, -0.25) is 9.89 Å². The highest BCUT2D eigenvalue weighted by atomic mass is 127. The monoisotopic (exact) mass is 509 g/mol. The second-order valence-electron chi connectivity index (χ2n) is 6.82. The number of aromatic nitrogens is 1. The van der Waals surface area contributed by atoms with Crippen molar-refractivity contribution in [1.82, 2.24) is 20.5 Å². The molecule has 2 aliphatic rings. The zero-order chi connectivity index (χ0) is 17.3. The summed E-state index contributed by atoms with van der Waals surface area (Å²) in [4.78, 5) is 11.8. The average Bonchev–Trinajstić information content (AvgIpc) is 3.37. The predicted octanol–water partition coefficient (Wildman–Crippen LogP) is 3.82. The molecular formula is C18H32IN5S2. The van der Waals surface area contributed by atoms with Crippen LogP contribution in [0.3, 0.4) is 0 Å². The van der Waals surface area contributed by atoms with Gasteiger partial charge in [-0.2, -0.15) is 0 Å². The summed E-state index contributed by atoms with van der Waals surface area (Å²) in [7, 11) is 0. The number of halogens is 1. The SMILES string of the molecule is CCNC(=NCCCSc1nccs1)NC1CCN(C2CCCC2)C1.I. The number of guanidine groups is 1. The van der Waals surface area contributed by atoms with Crippen molar-refractivity contribution in [3.05, 3.63) is 11.6 Å². The van der Waals surface area contributed by atoms with Crippen LogP contribution in [0.15, 0.2) is 20.9 Å². The van der Waals surface area contributed by atoms with Crippen molar-refractivity contribution in [1.29, 1.82) is 0 Å². The fraction of sp³-hybridized carbons (Fsp3) is 0.778. The van der Waals surface area contributed by atoms with Gasteiger partial charge in [-0.05, 0) is 32.6 Å². The Hall–Kier alpha value is -0.0600. The van der Waals surface area contributed by atoms with Crippen molar-refractivity contribution in [3.8, 4) is 0 Å². The van der Waals surface area contributed by atoms with E-state index in [0.29, 0.717) is 6.04 Å². The van der Waals surface area contributed by atoms with Crippen LogP contribution >= 0.6 is 47.1 Å². The molecule has 1 aliphatic carbocycles. The Labute approximate surface area is 183 Å². The smallest absolute Gasteiger partial charge is 0.191 e. The van der Waals surface area contributed by atoms with Crippen molar-refractivity contribution in [3.63, 3.8) is 0 Å². The van der Waals surface area contributed by atoms with Gasteiger partial charge >= 0.3 is 0 Å².